The summed E-state index contributed by atoms with van der Waals surface area (Å²) in [5, 5.41) is 0. The van der Waals surface area contributed by atoms with E-state index in [0.29, 0.717) is 6.54 Å². The van der Waals surface area contributed by atoms with Gasteiger partial charge in [0.2, 0.25) is 0 Å². The summed E-state index contributed by atoms with van der Waals surface area (Å²) in [5.41, 5.74) is 11.8. The molecular weight excluding hydrogens is 200 g/mol. The number of hydrogen-bond acceptors (Lipinski definition) is 4. The van der Waals surface area contributed by atoms with Crippen molar-refractivity contribution >= 4 is 6.21 Å². The number of hydrogen-bond donors (Lipinski definition) is 2. The molecule has 0 unspecified atom stereocenters. The van der Waals surface area contributed by atoms with Gasteiger partial charge in [-0.15, -0.1) is 0 Å². The molecule has 4 N–H and O–H groups in total. The average Bonchev–Trinajstić information content (AvgIpc) is 2.32. The van der Waals surface area contributed by atoms with Crippen molar-refractivity contribution in [3.8, 4) is 0 Å². The van der Waals surface area contributed by atoms with Gasteiger partial charge in [0.05, 0.1) is 0 Å². The zero-order chi connectivity index (χ0) is 11.8. The molecule has 0 saturated carbocycles. The monoisotopic (exact) mass is 224 g/mol. The molecule has 1 saturated heterocycles. The Kier molecular flexibility index (Phi) is 6.11. The summed E-state index contributed by atoms with van der Waals surface area (Å²) in [7, 11) is 2.19. The fourth-order valence-electron chi connectivity index (χ4n) is 1.95. The summed E-state index contributed by atoms with van der Waals surface area (Å²) in [6.45, 7) is 3.82. The van der Waals surface area contributed by atoms with E-state index in [1.54, 1.807) is 6.21 Å². The Balaban J connectivity index is 2.15. The SMILES string of the molecule is CN1CCC(CCN=CC(=CN)CN)CC1. The minimum atomic E-state index is 0.466. The first-order valence-corrected chi connectivity index (χ1v) is 6.05. The van der Waals surface area contributed by atoms with Crippen LogP contribution in [0.1, 0.15) is 19.3 Å². The third-order valence-corrected chi connectivity index (χ3v) is 3.21. The van der Waals surface area contributed by atoms with Gasteiger partial charge in [-0.3, -0.25) is 4.99 Å². The maximum Gasteiger partial charge on any atom is 0.0392 e. The molecule has 0 radical (unpaired) electrons. The molecule has 1 aliphatic rings. The van der Waals surface area contributed by atoms with E-state index < -0.39 is 0 Å². The highest BCUT2D eigenvalue weighted by Gasteiger charge is 2.15. The number of aliphatic imine (C=N–C) groups is 1. The third kappa shape index (κ3) is 4.77. The van der Waals surface area contributed by atoms with E-state index >= 15 is 0 Å². The second-order valence-electron chi connectivity index (χ2n) is 4.52. The summed E-state index contributed by atoms with van der Waals surface area (Å²) in [6, 6.07) is 0. The molecule has 0 aromatic rings. The van der Waals surface area contributed by atoms with E-state index in [-0.39, 0.29) is 0 Å². The first kappa shape index (κ1) is 13.2. The van der Waals surface area contributed by atoms with Crippen LogP contribution in [0.15, 0.2) is 16.8 Å². The minimum Gasteiger partial charge on any atom is -0.404 e. The van der Waals surface area contributed by atoms with Gasteiger partial charge < -0.3 is 16.4 Å². The summed E-state index contributed by atoms with van der Waals surface area (Å²) in [6.07, 6.45) is 7.13. The number of nitrogens with zero attached hydrogens (tertiary/aromatic N) is 2. The molecule has 4 heteroatoms. The van der Waals surface area contributed by atoms with E-state index in [2.05, 4.69) is 16.9 Å². The van der Waals surface area contributed by atoms with Crippen molar-refractivity contribution in [1.29, 1.82) is 0 Å². The number of likely N-dealkylation sites (tertiary alicyclic amines) is 1. The normalized spacial score (nSPS) is 20.8. The maximum absolute atomic E-state index is 5.48. The van der Waals surface area contributed by atoms with Crippen LogP contribution in [0.25, 0.3) is 0 Å². The van der Waals surface area contributed by atoms with Crippen molar-refractivity contribution in [3.63, 3.8) is 0 Å². The Labute approximate surface area is 98.4 Å². The van der Waals surface area contributed by atoms with Crippen LogP contribution in [0, 0.1) is 5.92 Å². The molecular formula is C12H24N4. The topological polar surface area (TPSA) is 67.6 Å². The average molecular weight is 224 g/mol. The van der Waals surface area contributed by atoms with E-state index in [0.717, 1.165) is 18.0 Å². The highest BCUT2D eigenvalue weighted by molar-refractivity contribution is 5.78. The highest BCUT2D eigenvalue weighted by atomic mass is 15.1. The van der Waals surface area contributed by atoms with Gasteiger partial charge in [-0.05, 0) is 57.1 Å². The molecule has 0 aromatic carbocycles. The predicted molar refractivity (Wildman–Crippen MR) is 69.5 cm³/mol. The Morgan fingerprint density at radius 1 is 1.44 bits per heavy atom. The van der Waals surface area contributed by atoms with Gasteiger partial charge in [0.25, 0.3) is 0 Å². The van der Waals surface area contributed by atoms with Crippen molar-refractivity contribution in [2.45, 2.75) is 19.3 Å². The van der Waals surface area contributed by atoms with Gasteiger partial charge >= 0.3 is 0 Å². The predicted octanol–water partition coefficient (Wildman–Crippen LogP) is 0.590. The molecule has 0 aliphatic carbocycles. The van der Waals surface area contributed by atoms with Crippen LogP contribution < -0.4 is 11.5 Å². The number of rotatable bonds is 5. The van der Waals surface area contributed by atoms with Crippen LogP contribution in [0.5, 0.6) is 0 Å². The maximum atomic E-state index is 5.48. The second kappa shape index (κ2) is 7.41. The largest absolute Gasteiger partial charge is 0.404 e. The third-order valence-electron chi connectivity index (χ3n) is 3.21. The van der Waals surface area contributed by atoms with Gasteiger partial charge in [-0.2, -0.15) is 0 Å². The lowest BCUT2D eigenvalue weighted by Crippen LogP contribution is -2.30. The van der Waals surface area contributed by atoms with Gasteiger partial charge in [-0.1, -0.05) is 0 Å². The van der Waals surface area contributed by atoms with E-state index in [9.17, 15) is 0 Å². The molecule has 0 spiro atoms. The van der Waals surface area contributed by atoms with Crippen LogP contribution in [-0.4, -0.2) is 44.3 Å². The molecule has 0 atom stereocenters. The van der Waals surface area contributed by atoms with Gasteiger partial charge in [-0.25, -0.2) is 0 Å². The van der Waals surface area contributed by atoms with Crippen molar-refractivity contribution in [2.75, 3.05) is 33.2 Å². The molecule has 1 aliphatic heterocycles. The molecule has 1 heterocycles. The molecule has 1 fully saturated rings. The summed E-state index contributed by atoms with van der Waals surface area (Å²) >= 11 is 0. The fourth-order valence-corrected chi connectivity index (χ4v) is 1.95. The quantitative estimate of drug-likeness (QED) is 0.672. The van der Waals surface area contributed by atoms with Crippen molar-refractivity contribution in [1.82, 2.24) is 4.90 Å². The Bertz CT molecular complexity index is 239. The zero-order valence-electron chi connectivity index (χ0n) is 10.2. The molecule has 4 nitrogen and oxygen atoms in total. The summed E-state index contributed by atoms with van der Waals surface area (Å²) < 4.78 is 0. The van der Waals surface area contributed by atoms with E-state index in [1.807, 2.05) is 0 Å². The zero-order valence-corrected chi connectivity index (χ0v) is 10.2. The molecule has 0 amide bonds. The number of nitrogens with two attached hydrogens (primary N) is 2. The molecule has 16 heavy (non-hydrogen) atoms. The molecule has 0 bridgehead atoms. The van der Waals surface area contributed by atoms with Crippen LogP contribution in [0.2, 0.25) is 0 Å². The summed E-state index contributed by atoms with van der Waals surface area (Å²) in [4.78, 5) is 6.75. The Morgan fingerprint density at radius 2 is 2.12 bits per heavy atom. The summed E-state index contributed by atoms with van der Waals surface area (Å²) in [5.74, 6) is 0.844. The van der Waals surface area contributed by atoms with Gasteiger partial charge in [0, 0.05) is 19.3 Å². The second-order valence-corrected chi connectivity index (χ2v) is 4.52. The van der Waals surface area contributed by atoms with E-state index in [4.69, 9.17) is 11.5 Å². The minimum absolute atomic E-state index is 0.466. The lowest BCUT2D eigenvalue weighted by atomic mass is 9.94. The van der Waals surface area contributed by atoms with Crippen LogP contribution in [0.3, 0.4) is 0 Å². The Hall–Kier alpha value is -0.870. The molecule has 1 rings (SSSR count). The molecule has 92 valence electrons. The van der Waals surface area contributed by atoms with Gasteiger partial charge in [0.15, 0.2) is 0 Å². The lowest BCUT2D eigenvalue weighted by molar-refractivity contribution is 0.214. The van der Waals surface area contributed by atoms with Crippen LogP contribution in [0.4, 0.5) is 0 Å². The van der Waals surface area contributed by atoms with E-state index in [1.165, 1.54) is 38.6 Å². The first-order chi connectivity index (χ1) is 7.76. The highest BCUT2D eigenvalue weighted by Crippen LogP contribution is 2.19. The van der Waals surface area contributed by atoms with Gasteiger partial charge in [0.1, 0.15) is 0 Å². The van der Waals surface area contributed by atoms with Crippen molar-refractivity contribution in [2.24, 2.45) is 22.4 Å². The van der Waals surface area contributed by atoms with Crippen molar-refractivity contribution in [3.05, 3.63) is 11.8 Å². The number of piperidine rings is 1. The smallest absolute Gasteiger partial charge is 0.0392 e. The van der Waals surface area contributed by atoms with Crippen molar-refractivity contribution < 1.29 is 0 Å². The van der Waals surface area contributed by atoms with Crippen LogP contribution >= 0.6 is 0 Å². The first-order valence-electron chi connectivity index (χ1n) is 6.05. The molecule has 0 aromatic heterocycles. The fraction of sp³-hybridized carbons (Fsp3) is 0.750. The Morgan fingerprint density at radius 3 is 2.69 bits per heavy atom. The standard InChI is InChI=1S/C12H24N4/c1-16-6-3-11(4-7-16)2-5-15-10-12(8-13)9-14/h8,10-11H,2-7,9,13-14H2,1H3. The lowest BCUT2D eigenvalue weighted by Gasteiger charge is -2.28. The van der Waals surface area contributed by atoms with Crippen LogP contribution in [-0.2, 0) is 0 Å².